The molecule has 0 N–H and O–H groups in total. The number of carbonyl (C=O) groups is 1. The van der Waals surface area contributed by atoms with E-state index in [1.807, 2.05) is 11.8 Å². The van der Waals surface area contributed by atoms with Crippen LogP contribution in [-0.2, 0) is 0 Å². The van der Waals surface area contributed by atoms with E-state index in [-0.39, 0.29) is 5.91 Å². The lowest BCUT2D eigenvalue weighted by Gasteiger charge is -2.31. The third-order valence-corrected chi connectivity index (χ3v) is 3.84. The number of piperidine rings is 1. The number of pyridine rings is 1. The monoisotopic (exact) mass is 266 g/mol. The first-order valence-corrected chi connectivity index (χ1v) is 6.91. The van der Waals surface area contributed by atoms with Gasteiger partial charge in [-0.25, -0.2) is 4.98 Å². The number of hydrogen-bond donors (Lipinski definition) is 0. The van der Waals surface area contributed by atoms with Crippen molar-refractivity contribution in [2.24, 2.45) is 5.92 Å². The molecule has 98 valence electrons. The molecule has 0 spiro atoms. The summed E-state index contributed by atoms with van der Waals surface area (Å²) in [6.45, 7) is 5.78. The second kappa shape index (κ2) is 5.70. The van der Waals surface area contributed by atoms with E-state index < -0.39 is 0 Å². The molecule has 18 heavy (non-hydrogen) atoms. The predicted octanol–water partition coefficient (Wildman–Crippen LogP) is 3.31. The lowest BCUT2D eigenvalue weighted by molar-refractivity contribution is 0.0688. The van der Waals surface area contributed by atoms with E-state index in [0.717, 1.165) is 37.5 Å². The zero-order chi connectivity index (χ0) is 13.1. The van der Waals surface area contributed by atoms with Gasteiger partial charge in [0.1, 0.15) is 5.15 Å². The van der Waals surface area contributed by atoms with Crippen molar-refractivity contribution in [2.45, 2.75) is 33.1 Å². The summed E-state index contributed by atoms with van der Waals surface area (Å²) in [4.78, 5) is 18.3. The molecule has 0 aliphatic carbocycles. The summed E-state index contributed by atoms with van der Waals surface area (Å²) >= 11 is 5.90. The van der Waals surface area contributed by atoms with Gasteiger partial charge in [0.15, 0.2) is 0 Å². The van der Waals surface area contributed by atoms with Crippen LogP contribution in [0.2, 0.25) is 5.15 Å². The average molecular weight is 267 g/mol. The molecular formula is C14H19ClN2O. The number of hydrogen-bond acceptors (Lipinski definition) is 2. The van der Waals surface area contributed by atoms with Crippen LogP contribution in [0.3, 0.4) is 0 Å². The summed E-state index contributed by atoms with van der Waals surface area (Å²) in [6.07, 6.45) is 3.43. The SMILES string of the molecule is CCC1CCN(C(=O)c2cc(C)nc(Cl)c2)CC1. The van der Waals surface area contributed by atoms with E-state index in [1.54, 1.807) is 12.1 Å². The molecule has 1 aromatic heterocycles. The molecule has 0 saturated carbocycles. The zero-order valence-electron chi connectivity index (χ0n) is 10.9. The fourth-order valence-corrected chi connectivity index (χ4v) is 2.73. The number of aryl methyl sites for hydroxylation is 1. The van der Waals surface area contributed by atoms with Crippen LogP contribution in [-0.4, -0.2) is 28.9 Å². The van der Waals surface area contributed by atoms with Crippen molar-refractivity contribution in [2.75, 3.05) is 13.1 Å². The van der Waals surface area contributed by atoms with Gasteiger partial charge < -0.3 is 4.90 Å². The number of halogens is 1. The average Bonchev–Trinajstić information content (AvgIpc) is 2.37. The summed E-state index contributed by atoms with van der Waals surface area (Å²) in [5.74, 6) is 0.855. The Bertz CT molecular complexity index is 419. The summed E-state index contributed by atoms with van der Waals surface area (Å²) < 4.78 is 0. The molecule has 0 unspecified atom stereocenters. The van der Waals surface area contributed by atoms with Gasteiger partial charge in [0, 0.05) is 24.3 Å². The standard InChI is InChI=1S/C14H19ClN2O/c1-3-11-4-6-17(7-5-11)14(18)12-8-10(2)16-13(15)9-12/h8-9,11H,3-7H2,1-2H3. The first-order valence-electron chi connectivity index (χ1n) is 6.53. The normalized spacial score (nSPS) is 16.9. The van der Waals surface area contributed by atoms with Crippen molar-refractivity contribution in [3.05, 3.63) is 28.5 Å². The molecule has 3 nitrogen and oxygen atoms in total. The lowest BCUT2D eigenvalue weighted by Crippen LogP contribution is -2.38. The minimum atomic E-state index is 0.0805. The molecule has 0 bridgehead atoms. The van der Waals surface area contributed by atoms with Gasteiger partial charge in [0.25, 0.3) is 5.91 Å². The van der Waals surface area contributed by atoms with Crippen molar-refractivity contribution >= 4 is 17.5 Å². The maximum Gasteiger partial charge on any atom is 0.254 e. The Morgan fingerprint density at radius 1 is 1.44 bits per heavy atom. The maximum atomic E-state index is 12.3. The first-order chi connectivity index (χ1) is 8.60. The van der Waals surface area contributed by atoms with Gasteiger partial charge in [0.05, 0.1) is 0 Å². The molecule has 1 fully saturated rings. The van der Waals surface area contributed by atoms with Crippen LogP contribution in [0, 0.1) is 12.8 Å². The smallest absolute Gasteiger partial charge is 0.254 e. The molecule has 4 heteroatoms. The van der Waals surface area contributed by atoms with Crippen LogP contribution in [0.15, 0.2) is 12.1 Å². The lowest BCUT2D eigenvalue weighted by atomic mass is 9.94. The van der Waals surface area contributed by atoms with Crippen molar-refractivity contribution < 1.29 is 4.79 Å². The topological polar surface area (TPSA) is 33.2 Å². The molecule has 1 aromatic rings. The third kappa shape index (κ3) is 3.02. The molecule has 1 aliphatic heterocycles. The summed E-state index contributed by atoms with van der Waals surface area (Å²) in [6, 6.07) is 3.46. The fourth-order valence-electron chi connectivity index (χ4n) is 2.48. The van der Waals surface area contributed by atoms with Crippen LogP contribution in [0.4, 0.5) is 0 Å². The minimum Gasteiger partial charge on any atom is -0.339 e. The fraction of sp³-hybridized carbons (Fsp3) is 0.571. The van der Waals surface area contributed by atoms with E-state index in [9.17, 15) is 4.79 Å². The Balaban J connectivity index is 2.07. The minimum absolute atomic E-state index is 0.0805. The van der Waals surface area contributed by atoms with Gasteiger partial charge in [-0.3, -0.25) is 4.79 Å². The Morgan fingerprint density at radius 2 is 2.11 bits per heavy atom. The predicted molar refractivity (Wildman–Crippen MR) is 72.9 cm³/mol. The molecule has 1 aliphatic rings. The number of rotatable bonds is 2. The van der Waals surface area contributed by atoms with Gasteiger partial charge in [-0.05, 0) is 37.8 Å². The molecule has 0 radical (unpaired) electrons. The van der Waals surface area contributed by atoms with Gasteiger partial charge in [-0.15, -0.1) is 0 Å². The van der Waals surface area contributed by atoms with Crippen LogP contribution in [0.5, 0.6) is 0 Å². The second-order valence-electron chi connectivity index (χ2n) is 4.96. The van der Waals surface area contributed by atoms with Crippen LogP contribution in [0.1, 0.15) is 42.2 Å². The van der Waals surface area contributed by atoms with Crippen LogP contribution < -0.4 is 0 Å². The van der Waals surface area contributed by atoms with E-state index >= 15 is 0 Å². The summed E-state index contributed by atoms with van der Waals surface area (Å²) in [5.41, 5.74) is 1.44. The van der Waals surface area contributed by atoms with E-state index in [1.165, 1.54) is 6.42 Å². The van der Waals surface area contributed by atoms with Gasteiger partial charge in [0.2, 0.25) is 0 Å². The summed E-state index contributed by atoms with van der Waals surface area (Å²) in [5, 5.41) is 0.391. The number of likely N-dealkylation sites (tertiary alicyclic amines) is 1. The maximum absolute atomic E-state index is 12.3. The quantitative estimate of drug-likeness (QED) is 0.770. The number of carbonyl (C=O) groups excluding carboxylic acids is 1. The molecular weight excluding hydrogens is 248 g/mol. The summed E-state index contributed by atoms with van der Waals surface area (Å²) in [7, 11) is 0. The molecule has 1 saturated heterocycles. The molecule has 0 atom stereocenters. The van der Waals surface area contributed by atoms with E-state index in [2.05, 4.69) is 11.9 Å². The third-order valence-electron chi connectivity index (χ3n) is 3.65. The van der Waals surface area contributed by atoms with Crippen molar-refractivity contribution in [3.63, 3.8) is 0 Å². The Hall–Kier alpha value is -1.09. The van der Waals surface area contributed by atoms with Crippen LogP contribution >= 0.6 is 11.6 Å². The molecule has 1 amide bonds. The number of aromatic nitrogens is 1. The van der Waals surface area contributed by atoms with Crippen molar-refractivity contribution in [1.29, 1.82) is 0 Å². The Kier molecular flexibility index (Phi) is 4.23. The molecule has 0 aromatic carbocycles. The van der Waals surface area contributed by atoms with E-state index in [0.29, 0.717) is 10.7 Å². The highest BCUT2D eigenvalue weighted by Crippen LogP contribution is 2.22. The highest BCUT2D eigenvalue weighted by Gasteiger charge is 2.23. The zero-order valence-corrected chi connectivity index (χ0v) is 11.7. The van der Waals surface area contributed by atoms with Gasteiger partial charge in [-0.1, -0.05) is 24.9 Å². The van der Waals surface area contributed by atoms with Crippen molar-refractivity contribution in [1.82, 2.24) is 9.88 Å². The van der Waals surface area contributed by atoms with Crippen LogP contribution in [0.25, 0.3) is 0 Å². The Morgan fingerprint density at radius 3 is 2.67 bits per heavy atom. The molecule has 2 heterocycles. The molecule has 2 rings (SSSR count). The van der Waals surface area contributed by atoms with Crippen molar-refractivity contribution in [3.8, 4) is 0 Å². The highest BCUT2D eigenvalue weighted by atomic mass is 35.5. The Labute approximate surface area is 113 Å². The second-order valence-corrected chi connectivity index (χ2v) is 5.35. The number of amides is 1. The van der Waals surface area contributed by atoms with Gasteiger partial charge in [-0.2, -0.15) is 0 Å². The highest BCUT2D eigenvalue weighted by molar-refractivity contribution is 6.29. The first kappa shape index (κ1) is 13.3. The van der Waals surface area contributed by atoms with E-state index in [4.69, 9.17) is 11.6 Å². The largest absolute Gasteiger partial charge is 0.339 e. The van der Waals surface area contributed by atoms with Gasteiger partial charge >= 0.3 is 0 Å². The number of nitrogens with zero attached hydrogens (tertiary/aromatic N) is 2.